The normalized spacial score (nSPS) is 17.6. The topological polar surface area (TPSA) is 0 Å². The molecule has 0 N–H and O–H groups in total. The minimum atomic E-state index is -7.87. The first kappa shape index (κ1) is 25.2. The maximum absolute atomic E-state index is 13.2. The molecule has 0 aliphatic carbocycles. The van der Waals surface area contributed by atoms with Crippen LogP contribution in [0.3, 0.4) is 0 Å². The van der Waals surface area contributed by atoms with Gasteiger partial charge in [0.25, 0.3) is 0 Å². The molecule has 0 rings (SSSR count). The van der Waals surface area contributed by atoms with Crippen molar-refractivity contribution in [3.05, 3.63) is 0 Å². The molecule has 0 saturated carbocycles. The zero-order chi connectivity index (χ0) is 21.1. The summed E-state index contributed by atoms with van der Waals surface area (Å²) in [4.78, 5) is 0. The second-order valence-electron chi connectivity index (χ2n) is 4.61. The third kappa shape index (κ3) is 3.28. The Bertz CT molecular complexity index is 498. The van der Waals surface area contributed by atoms with E-state index in [1.54, 1.807) is 0 Å². The fourth-order valence-electron chi connectivity index (χ4n) is 1.23. The second-order valence-corrected chi connectivity index (χ2v) is 13.1. The van der Waals surface area contributed by atoms with Crippen molar-refractivity contribution in [1.29, 1.82) is 0 Å². The first-order chi connectivity index (χ1) is 10.4. The van der Waals surface area contributed by atoms with Crippen molar-refractivity contribution < 1.29 is 57.1 Å². The number of rotatable bonds is 7. The van der Waals surface area contributed by atoms with Crippen LogP contribution in [-0.2, 0) is 0 Å². The number of halogens is 16. The van der Waals surface area contributed by atoms with Crippen LogP contribution in [0.15, 0.2) is 0 Å². The van der Waals surface area contributed by atoms with Crippen molar-refractivity contribution in [1.82, 2.24) is 0 Å². The second kappa shape index (κ2) is 6.36. The van der Waals surface area contributed by atoms with Crippen molar-refractivity contribution >= 4 is 39.2 Å². The van der Waals surface area contributed by atoms with Gasteiger partial charge in [0.05, 0.1) is 0 Å². The van der Waals surface area contributed by atoms with Gasteiger partial charge in [-0.05, 0) is 6.92 Å². The average Bonchev–Trinajstić information content (AvgIpc) is 2.35. The third-order valence-corrected chi connectivity index (χ3v) is 6.01. The first-order valence-corrected chi connectivity index (χ1v) is 10.5. The summed E-state index contributed by atoms with van der Waals surface area (Å²) in [5, 5.41) is 0. The Morgan fingerprint density at radius 3 is 1.12 bits per heavy atom. The highest BCUT2D eigenvalue weighted by molar-refractivity contribution is 7.65. The number of alkyl halides is 13. The van der Waals surface area contributed by atoms with E-state index < -0.39 is 54.3 Å². The summed E-state index contributed by atoms with van der Waals surface area (Å²) in [6.07, 6.45) is -4.25. The lowest BCUT2D eigenvalue weighted by Gasteiger charge is -2.42. The predicted molar refractivity (Wildman–Crippen MR) is 63.6 cm³/mol. The van der Waals surface area contributed by atoms with Crippen molar-refractivity contribution in [2.24, 2.45) is 0 Å². The standard InChI is InChI=1S/C8H4Cl3F13Si/c1-2(12)3(13,14)4(15,16)5(17,18)6(19,20)7(21,22)8(23,24)25(9,10)11/h2H,1H3. The molecule has 0 aromatic heterocycles. The smallest absolute Gasteiger partial charge is 0.241 e. The Balaban J connectivity index is 6.50. The molecule has 0 spiro atoms. The molecule has 0 bridgehead atoms. The Morgan fingerprint density at radius 1 is 0.600 bits per heavy atom. The molecular weight excluding hydrogens is 478 g/mol. The van der Waals surface area contributed by atoms with Gasteiger partial charge >= 0.3 is 41.2 Å². The molecule has 0 aliphatic rings. The first-order valence-electron chi connectivity index (χ1n) is 5.42. The highest BCUT2D eigenvalue weighted by Gasteiger charge is 2.92. The summed E-state index contributed by atoms with van der Waals surface area (Å²) >= 11 is 13.2. The molecular formula is C8H4Cl3F13Si. The van der Waals surface area contributed by atoms with Crippen molar-refractivity contribution in [2.75, 3.05) is 0 Å². The molecule has 1 unspecified atom stereocenters. The van der Waals surface area contributed by atoms with Gasteiger partial charge in [-0.3, -0.25) is 0 Å². The van der Waals surface area contributed by atoms with Crippen LogP contribution in [0.5, 0.6) is 0 Å². The van der Waals surface area contributed by atoms with E-state index in [0.717, 1.165) is 0 Å². The Kier molecular flexibility index (Phi) is 6.41. The summed E-state index contributed by atoms with van der Waals surface area (Å²) in [5.74, 6) is -37.4. The number of hydrogen-bond acceptors (Lipinski definition) is 0. The van der Waals surface area contributed by atoms with Crippen molar-refractivity contribution in [3.63, 3.8) is 0 Å². The zero-order valence-corrected chi connectivity index (χ0v) is 14.4. The SMILES string of the molecule is CC(F)C(F)(F)C(F)(F)C(F)(F)C(F)(F)C(F)(F)C(F)(F)[Si](Cl)(Cl)Cl. The van der Waals surface area contributed by atoms with Gasteiger partial charge in [-0.1, -0.05) is 0 Å². The Labute approximate surface area is 145 Å². The van der Waals surface area contributed by atoms with Gasteiger partial charge in [0.2, 0.25) is 0 Å². The van der Waals surface area contributed by atoms with Crippen LogP contribution in [0.25, 0.3) is 0 Å². The Morgan fingerprint density at radius 2 is 0.880 bits per heavy atom. The molecule has 152 valence electrons. The summed E-state index contributed by atoms with van der Waals surface area (Å²) < 4.78 is 170. The molecule has 0 amide bonds. The fourth-order valence-corrected chi connectivity index (χ4v) is 2.81. The van der Waals surface area contributed by atoms with Gasteiger partial charge in [-0.15, -0.1) is 33.2 Å². The van der Waals surface area contributed by atoms with E-state index in [1.165, 1.54) is 0 Å². The van der Waals surface area contributed by atoms with Gasteiger partial charge in [0, 0.05) is 0 Å². The van der Waals surface area contributed by atoms with E-state index in [4.69, 9.17) is 0 Å². The minimum absolute atomic E-state index is 0.483. The van der Waals surface area contributed by atoms with E-state index in [9.17, 15) is 57.1 Å². The van der Waals surface area contributed by atoms with E-state index in [1.807, 2.05) is 0 Å². The highest BCUT2D eigenvalue weighted by atomic mass is 35.8. The van der Waals surface area contributed by atoms with Gasteiger partial charge in [0.15, 0.2) is 6.17 Å². The molecule has 0 aromatic rings. The maximum Gasteiger partial charge on any atom is 0.424 e. The molecule has 0 fully saturated rings. The molecule has 1 atom stereocenters. The lowest BCUT2D eigenvalue weighted by molar-refractivity contribution is -0.421. The Hall–Kier alpha value is 0.177. The quantitative estimate of drug-likeness (QED) is 0.226. The summed E-state index contributed by atoms with van der Waals surface area (Å²) in [6, 6.07) is -6.32. The molecule has 0 nitrogen and oxygen atoms in total. The highest BCUT2D eigenvalue weighted by Crippen LogP contribution is 2.62. The summed E-state index contributed by atoms with van der Waals surface area (Å²) in [7, 11) is 0. The van der Waals surface area contributed by atoms with Crippen LogP contribution in [0.4, 0.5) is 57.1 Å². The maximum atomic E-state index is 13.2. The zero-order valence-electron chi connectivity index (χ0n) is 11.1. The van der Waals surface area contributed by atoms with E-state index >= 15 is 0 Å². The molecule has 0 saturated heterocycles. The van der Waals surface area contributed by atoms with E-state index in [0.29, 0.717) is 0 Å². The largest absolute Gasteiger partial charge is 0.424 e. The lowest BCUT2D eigenvalue weighted by atomic mass is 9.92. The van der Waals surface area contributed by atoms with Crippen LogP contribution in [0, 0.1) is 0 Å². The van der Waals surface area contributed by atoms with E-state index in [2.05, 4.69) is 33.2 Å². The average molecular weight is 482 g/mol. The molecule has 0 heterocycles. The van der Waals surface area contributed by atoms with Crippen LogP contribution in [0.2, 0.25) is 0 Å². The monoisotopic (exact) mass is 480 g/mol. The van der Waals surface area contributed by atoms with E-state index in [-0.39, 0.29) is 0 Å². The minimum Gasteiger partial charge on any atom is -0.241 e. The van der Waals surface area contributed by atoms with Crippen molar-refractivity contribution in [2.45, 2.75) is 48.3 Å². The van der Waals surface area contributed by atoms with Crippen LogP contribution in [0.1, 0.15) is 6.92 Å². The van der Waals surface area contributed by atoms with Crippen LogP contribution >= 0.6 is 33.2 Å². The molecule has 17 heteroatoms. The fraction of sp³-hybridized carbons (Fsp3) is 1.00. The van der Waals surface area contributed by atoms with Gasteiger partial charge < -0.3 is 0 Å². The predicted octanol–water partition coefficient (Wildman–Crippen LogP) is 6.35. The third-order valence-electron chi connectivity index (χ3n) is 2.85. The summed E-state index contributed by atoms with van der Waals surface area (Å²) in [6.45, 7) is -0.483. The molecule has 25 heavy (non-hydrogen) atoms. The van der Waals surface area contributed by atoms with Gasteiger partial charge in [-0.2, -0.15) is 52.7 Å². The van der Waals surface area contributed by atoms with Gasteiger partial charge in [0.1, 0.15) is 0 Å². The molecule has 0 radical (unpaired) electrons. The summed E-state index contributed by atoms with van der Waals surface area (Å²) in [5.41, 5.74) is -6.59. The van der Waals surface area contributed by atoms with Crippen LogP contribution < -0.4 is 0 Å². The molecule has 0 aromatic carbocycles. The molecule has 0 aliphatic heterocycles. The van der Waals surface area contributed by atoms with Gasteiger partial charge in [-0.25, -0.2) is 4.39 Å². The van der Waals surface area contributed by atoms with Crippen molar-refractivity contribution in [3.8, 4) is 0 Å². The van der Waals surface area contributed by atoms with Crippen LogP contribution in [-0.4, -0.2) is 47.3 Å². The lowest BCUT2D eigenvalue weighted by Crippen LogP contribution is -2.73. The number of hydrogen-bond donors (Lipinski definition) is 0.